The number of hydrogen-bond donors (Lipinski definition) is 0. The van der Waals surface area contributed by atoms with Crippen LogP contribution in [0.2, 0.25) is 5.54 Å². The molecule has 0 aromatic rings. The largest absolute Gasteiger partial charge is 0.396 e. The van der Waals surface area contributed by atoms with E-state index in [0.717, 1.165) is 32.5 Å². The maximum Gasteiger partial charge on any atom is 0.325 e. The normalized spacial score (nSPS) is 15.6. The Morgan fingerprint density at radius 2 is 1.53 bits per heavy atom. The highest BCUT2D eigenvalue weighted by Gasteiger charge is 2.27. The molecular formula is C11H25ClO2Si. The monoisotopic (exact) mass is 252 g/mol. The molecule has 0 aromatic heterocycles. The first-order chi connectivity index (χ1) is 7.17. The van der Waals surface area contributed by atoms with Gasteiger partial charge in [0, 0.05) is 24.1 Å². The fourth-order valence-electron chi connectivity index (χ4n) is 1.36. The predicted molar refractivity (Wildman–Crippen MR) is 69.0 cm³/mol. The first kappa shape index (κ1) is 15.4. The van der Waals surface area contributed by atoms with Crippen molar-refractivity contribution in [2.75, 3.05) is 13.2 Å². The molecule has 0 saturated heterocycles. The summed E-state index contributed by atoms with van der Waals surface area (Å²) in [6, 6.07) is 0. The highest BCUT2D eigenvalue weighted by Crippen LogP contribution is 2.24. The van der Waals surface area contributed by atoms with Crippen LogP contribution in [0, 0.1) is 0 Å². The second kappa shape index (κ2) is 9.64. The van der Waals surface area contributed by atoms with Crippen LogP contribution in [-0.2, 0) is 8.85 Å². The number of halogens is 1. The van der Waals surface area contributed by atoms with Crippen molar-refractivity contribution >= 4 is 20.9 Å². The molecule has 0 aliphatic carbocycles. The van der Waals surface area contributed by atoms with E-state index in [4.69, 9.17) is 20.5 Å². The molecule has 0 radical (unpaired) electrons. The molecule has 0 fully saturated rings. The number of rotatable bonds is 9. The van der Waals surface area contributed by atoms with Crippen LogP contribution < -0.4 is 0 Å². The van der Waals surface area contributed by atoms with E-state index < -0.39 is 9.28 Å². The van der Waals surface area contributed by atoms with E-state index in [1.165, 1.54) is 0 Å². The minimum absolute atomic E-state index is 0.190. The second-order valence-corrected chi connectivity index (χ2v) is 6.91. The van der Waals surface area contributed by atoms with Crippen LogP contribution in [0.3, 0.4) is 0 Å². The molecule has 0 spiro atoms. The summed E-state index contributed by atoms with van der Waals surface area (Å²) < 4.78 is 11.6. The molecular weight excluding hydrogens is 228 g/mol. The van der Waals surface area contributed by atoms with Gasteiger partial charge in [-0.05, 0) is 19.3 Å². The number of hydrogen-bond acceptors (Lipinski definition) is 2. The summed E-state index contributed by atoms with van der Waals surface area (Å²) in [6.07, 6.45) is 3.08. The summed E-state index contributed by atoms with van der Waals surface area (Å²) in [5, 5.41) is 0.190. The zero-order valence-corrected chi connectivity index (χ0v) is 12.4. The molecule has 92 valence electrons. The highest BCUT2D eigenvalue weighted by atomic mass is 35.5. The first-order valence-electron chi connectivity index (χ1n) is 6.04. The molecule has 0 aliphatic rings. The Labute approximate surface area is 101 Å². The highest BCUT2D eigenvalue weighted by molar-refractivity contribution is 6.48. The Hall–Kier alpha value is 0.427. The van der Waals surface area contributed by atoms with Crippen LogP contribution in [0.1, 0.15) is 47.0 Å². The van der Waals surface area contributed by atoms with Crippen LogP contribution in [0.4, 0.5) is 0 Å². The summed E-state index contributed by atoms with van der Waals surface area (Å²) in [5.74, 6) is 0. The summed E-state index contributed by atoms with van der Waals surface area (Å²) in [4.78, 5) is 0. The van der Waals surface area contributed by atoms with E-state index in [2.05, 4.69) is 27.7 Å². The van der Waals surface area contributed by atoms with E-state index in [9.17, 15) is 0 Å². The average molecular weight is 253 g/mol. The van der Waals surface area contributed by atoms with Gasteiger partial charge in [0.1, 0.15) is 0 Å². The molecule has 2 unspecified atom stereocenters. The summed E-state index contributed by atoms with van der Waals surface area (Å²) in [6.45, 7) is 10.1. The Balaban J connectivity index is 4.06. The summed E-state index contributed by atoms with van der Waals surface area (Å²) >= 11 is 6.24. The van der Waals surface area contributed by atoms with Gasteiger partial charge < -0.3 is 8.85 Å². The lowest BCUT2D eigenvalue weighted by molar-refractivity contribution is 0.188. The molecule has 0 saturated carbocycles. The molecule has 0 bridgehead atoms. The maximum absolute atomic E-state index is 6.24. The van der Waals surface area contributed by atoms with Gasteiger partial charge in [0.25, 0.3) is 0 Å². The van der Waals surface area contributed by atoms with Gasteiger partial charge in [-0.3, -0.25) is 0 Å². The lowest BCUT2D eigenvalue weighted by Crippen LogP contribution is -2.32. The number of alkyl halides is 1. The average Bonchev–Trinajstić information content (AvgIpc) is 2.27. The molecule has 2 nitrogen and oxygen atoms in total. The minimum atomic E-state index is -1.57. The third-order valence-corrected chi connectivity index (χ3v) is 5.76. The van der Waals surface area contributed by atoms with Crippen LogP contribution in [0.5, 0.6) is 0 Å². The van der Waals surface area contributed by atoms with Crippen molar-refractivity contribution < 1.29 is 8.85 Å². The molecule has 0 aliphatic heterocycles. The molecule has 0 N–H and O–H groups in total. The minimum Gasteiger partial charge on any atom is -0.396 e. The van der Waals surface area contributed by atoms with Crippen molar-refractivity contribution in [1.82, 2.24) is 0 Å². The Bertz CT molecular complexity index is 139. The SMILES string of the molecule is CCCO[SiH](OCCC)C(C)C(Cl)CC. The third-order valence-electron chi connectivity index (χ3n) is 2.36. The van der Waals surface area contributed by atoms with Gasteiger partial charge >= 0.3 is 9.28 Å². The van der Waals surface area contributed by atoms with Gasteiger partial charge in [-0.25, -0.2) is 0 Å². The zero-order chi connectivity index (χ0) is 11.7. The molecule has 0 aromatic carbocycles. The van der Waals surface area contributed by atoms with E-state index in [1.807, 2.05) is 0 Å². The van der Waals surface area contributed by atoms with Crippen molar-refractivity contribution in [3.05, 3.63) is 0 Å². The Kier molecular flexibility index (Phi) is 9.91. The van der Waals surface area contributed by atoms with Crippen LogP contribution in [0.25, 0.3) is 0 Å². The third kappa shape index (κ3) is 6.56. The fraction of sp³-hybridized carbons (Fsp3) is 1.00. The van der Waals surface area contributed by atoms with E-state index >= 15 is 0 Å². The lowest BCUT2D eigenvalue weighted by Gasteiger charge is -2.25. The van der Waals surface area contributed by atoms with Crippen LogP contribution >= 0.6 is 11.6 Å². The fourth-order valence-corrected chi connectivity index (χ4v) is 3.97. The molecule has 0 rings (SSSR count). The van der Waals surface area contributed by atoms with Crippen molar-refractivity contribution in [1.29, 1.82) is 0 Å². The standard InChI is InChI=1S/C11H25ClO2Si/c1-5-8-13-15(14-9-6-2)10(4)11(12)7-3/h10-11,15H,5-9H2,1-4H3. The van der Waals surface area contributed by atoms with Crippen molar-refractivity contribution in [3.8, 4) is 0 Å². The van der Waals surface area contributed by atoms with Gasteiger partial charge in [-0.1, -0.05) is 27.7 Å². The predicted octanol–water partition coefficient (Wildman–Crippen LogP) is 3.47. The summed E-state index contributed by atoms with van der Waals surface area (Å²) in [5.41, 5.74) is 0.384. The lowest BCUT2D eigenvalue weighted by atomic mass is 10.3. The van der Waals surface area contributed by atoms with E-state index in [0.29, 0.717) is 5.54 Å². The topological polar surface area (TPSA) is 18.5 Å². The maximum atomic E-state index is 6.24. The Morgan fingerprint density at radius 3 is 1.87 bits per heavy atom. The van der Waals surface area contributed by atoms with Gasteiger partial charge in [-0.2, -0.15) is 0 Å². The van der Waals surface area contributed by atoms with E-state index in [-0.39, 0.29) is 5.38 Å². The van der Waals surface area contributed by atoms with Crippen LogP contribution in [0.15, 0.2) is 0 Å². The zero-order valence-electron chi connectivity index (χ0n) is 10.5. The molecule has 0 amide bonds. The van der Waals surface area contributed by atoms with Crippen molar-refractivity contribution in [2.24, 2.45) is 0 Å². The summed E-state index contributed by atoms with van der Waals surface area (Å²) in [7, 11) is -1.57. The van der Waals surface area contributed by atoms with Gasteiger partial charge in [0.05, 0.1) is 0 Å². The molecule has 2 atom stereocenters. The quantitative estimate of drug-likeness (QED) is 0.462. The van der Waals surface area contributed by atoms with Crippen molar-refractivity contribution in [2.45, 2.75) is 57.9 Å². The Morgan fingerprint density at radius 1 is 1.07 bits per heavy atom. The van der Waals surface area contributed by atoms with Crippen LogP contribution in [-0.4, -0.2) is 27.9 Å². The molecule has 15 heavy (non-hydrogen) atoms. The molecule has 4 heteroatoms. The second-order valence-electron chi connectivity index (χ2n) is 3.89. The smallest absolute Gasteiger partial charge is 0.325 e. The van der Waals surface area contributed by atoms with Gasteiger partial charge in [0.15, 0.2) is 0 Å². The van der Waals surface area contributed by atoms with E-state index in [1.54, 1.807) is 0 Å². The molecule has 0 heterocycles. The van der Waals surface area contributed by atoms with Crippen molar-refractivity contribution in [3.63, 3.8) is 0 Å². The van der Waals surface area contributed by atoms with Gasteiger partial charge in [-0.15, -0.1) is 11.6 Å². The van der Waals surface area contributed by atoms with Gasteiger partial charge in [0.2, 0.25) is 0 Å². The first-order valence-corrected chi connectivity index (χ1v) is 8.09.